The molecule has 6 heteroatoms. The van der Waals surface area contributed by atoms with Crippen LogP contribution in [0.1, 0.15) is 35.1 Å². The average molecular weight is 587 g/mol. The van der Waals surface area contributed by atoms with Crippen LogP contribution in [-0.2, 0) is 9.47 Å². The topological polar surface area (TPSA) is 43.4 Å². The van der Waals surface area contributed by atoms with Gasteiger partial charge < -0.3 is 28.7 Å². The van der Waals surface area contributed by atoms with E-state index in [2.05, 4.69) is 74.4 Å². The Morgan fingerprint density at radius 3 is 1.16 bits per heavy atom. The number of hydrogen-bond donors (Lipinski definition) is 0. The van der Waals surface area contributed by atoms with E-state index in [4.69, 9.17) is 18.9 Å². The smallest absolute Gasteiger partial charge is 0.138 e. The molecule has 4 aromatic carbocycles. The van der Waals surface area contributed by atoms with Crippen LogP contribution in [0.2, 0.25) is 0 Å². The van der Waals surface area contributed by atoms with Crippen molar-refractivity contribution in [3.63, 3.8) is 0 Å². The van der Waals surface area contributed by atoms with Gasteiger partial charge in [-0.2, -0.15) is 0 Å². The highest BCUT2D eigenvalue weighted by atomic mass is 16.5. The van der Waals surface area contributed by atoms with Gasteiger partial charge in [0.1, 0.15) is 46.7 Å². The summed E-state index contributed by atoms with van der Waals surface area (Å²) >= 11 is 0. The maximum Gasteiger partial charge on any atom is 0.138 e. The van der Waals surface area contributed by atoms with E-state index in [1.807, 2.05) is 60.7 Å². The lowest BCUT2D eigenvalue weighted by atomic mass is 9.98. The Hall–Kier alpha value is -4.52. The van der Waals surface area contributed by atoms with E-state index < -0.39 is 0 Å². The van der Waals surface area contributed by atoms with Gasteiger partial charge in [0.05, 0.1) is 11.1 Å². The van der Waals surface area contributed by atoms with Crippen LogP contribution in [-0.4, -0.2) is 63.3 Å². The Morgan fingerprint density at radius 2 is 0.795 bits per heavy atom. The minimum absolute atomic E-state index is 0.194. The first kappa shape index (κ1) is 28.3. The highest BCUT2D eigenvalue weighted by molar-refractivity contribution is 5.95. The summed E-state index contributed by atoms with van der Waals surface area (Å²) in [6, 6.07) is 32.7. The van der Waals surface area contributed by atoms with Crippen LogP contribution in [0.25, 0.3) is 22.7 Å². The van der Waals surface area contributed by atoms with Crippen LogP contribution in [0.3, 0.4) is 0 Å². The Balaban J connectivity index is 0.000000142. The number of hydrogen-bond acceptors (Lipinski definition) is 6. The summed E-state index contributed by atoms with van der Waals surface area (Å²) in [4.78, 5) is 4.34. The van der Waals surface area contributed by atoms with Gasteiger partial charge >= 0.3 is 0 Å². The monoisotopic (exact) mass is 586 g/mol. The maximum absolute atomic E-state index is 6.30. The van der Waals surface area contributed by atoms with E-state index in [1.54, 1.807) is 0 Å². The third kappa shape index (κ3) is 5.47. The summed E-state index contributed by atoms with van der Waals surface area (Å²) in [5, 5.41) is 0. The molecular weight excluding hydrogens is 548 g/mol. The molecule has 0 aliphatic carbocycles. The predicted molar refractivity (Wildman–Crippen MR) is 176 cm³/mol. The Kier molecular flexibility index (Phi) is 7.62. The highest BCUT2D eigenvalue weighted by Crippen LogP contribution is 2.49. The molecule has 0 saturated carbocycles. The Morgan fingerprint density at radius 1 is 0.477 bits per heavy atom. The van der Waals surface area contributed by atoms with E-state index in [-0.39, 0.29) is 12.2 Å². The Bertz CT molecular complexity index is 1510. The fourth-order valence-corrected chi connectivity index (χ4v) is 6.47. The van der Waals surface area contributed by atoms with Gasteiger partial charge in [0, 0.05) is 48.2 Å². The van der Waals surface area contributed by atoms with Crippen LogP contribution >= 0.6 is 0 Å². The molecule has 0 fully saturated rings. The van der Waals surface area contributed by atoms with Gasteiger partial charge in [-0.05, 0) is 64.6 Å². The van der Waals surface area contributed by atoms with Gasteiger partial charge in [0.2, 0.25) is 0 Å². The highest BCUT2D eigenvalue weighted by Gasteiger charge is 2.34. The molecule has 6 nitrogen and oxygen atoms in total. The van der Waals surface area contributed by atoms with Crippen molar-refractivity contribution in [2.24, 2.45) is 0 Å². The minimum Gasteiger partial charge on any atom is -0.488 e. The lowest BCUT2D eigenvalue weighted by Gasteiger charge is -2.19. The normalized spacial score (nSPS) is 19.0. The summed E-state index contributed by atoms with van der Waals surface area (Å²) in [6.45, 7) is 1.83. The van der Waals surface area contributed by atoms with E-state index in [1.165, 1.54) is 11.1 Å². The van der Waals surface area contributed by atoms with Crippen molar-refractivity contribution in [2.45, 2.75) is 25.0 Å². The first-order valence-corrected chi connectivity index (χ1v) is 15.3. The van der Waals surface area contributed by atoms with Crippen molar-refractivity contribution < 1.29 is 18.9 Å². The second-order valence-corrected chi connectivity index (χ2v) is 12.2. The van der Waals surface area contributed by atoms with Gasteiger partial charge in [-0.15, -0.1) is 0 Å². The summed E-state index contributed by atoms with van der Waals surface area (Å²) < 4.78 is 24.8. The van der Waals surface area contributed by atoms with Crippen molar-refractivity contribution >= 4 is 22.7 Å². The van der Waals surface area contributed by atoms with E-state index in [0.29, 0.717) is 0 Å². The molecule has 8 rings (SSSR count). The van der Waals surface area contributed by atoms with Crippen LogP contribution in [0.4, 0.5) is 0 Å². The number of rotatable bonds is 4. The van der Waals surface area contributed by atoms with E-state index in [0.717, 1.165) is 82.7 Å². The third-order valence-corrected chi connectivity index (χ3v) is 8.25. The summed E-state index contributed by atoms with van der Waals surface area (Å²) in [5.74, 6) is 5.51. The molecule has 4 aliphatic heterocycles. The molecule has 0 spiro atoms. The predicted octanol–water partition coefficient (Wildman–Crippen LogP) is 8.02. The zero-order valence-electron chi connectivity index (χ0n) is 25.7. The molecule has 4 aliphatic rings. The number of likely N-dealkylation sites (N-methyl/N-ethyl adjacent to an activating group) is 2. The molecule has 0 aromatic heterocycles. The van der Waals surface area contributed by atoms with Crippen molar-refractivity contribution in [1.29, 1.82) is 0 Å². The molecular formula is C38H38N2O4. The van der Waals surface area contributed by atoms with Gasteiger partial charge in [-0.25, -0.2) is 0 Å². The average Bonchev–Trinajstić information content (AvgIpc) is 3.55. The van der Waals surface area contributed by atoms with Crippen molar-refractivity contribution in [1.82, 2.24) is 9.80 Å². The molecule has 0 radical (unpaired) electrons. The lowest BCUT2D eigenvalue weighted by molar-refractivity contribution is 0.151. The van der Waals surface area contributed by atoms with Gasteiger partial charge in [-0.3, -0.25) is 0 Å². The summed E-state index contributed by atoms with van der Waals surface area (Å²) in [6.07, 6.45) is 2.23. The summed E-state index contributed by atoms with van der Waals surface area (Å²) in [5.41, 5.74) is 6.91. The molecule has 0 bridgehead atoms. The molecule has 4 heterocycles. The SMILES string of the molecule is CN(C)CC1CC2=C(O1)c1ccccc1Oc1ccccc12.CN(C)CC1CC2=C(O1)c1ccccc1Oc1ccccc12. The number of nitrogens with zero attached hydrogens (tertiary/aromatic N) is 2. The van der Waals surface area contributed by atoms with Crippen LogP contribution < -0.4 is 9.47 Å². The maximum atomic E-state index is 6.30. The second-order valence-electron chi connectivity index (χ2n) is 12.2. The first-order chi connectivity index (χ1) is 21.4. The standard InChI is InChI=1S/2C19H19NO2/c2*1-20(2)12-13-11-16-14-7-3-5-9-17(14)22-18-10-6-4-8-15(18)19(16)21-13/h2*3-10,13H,11-12H2,1-2H3. The van der Waals surface area contributed by atoms with E-state index >= 15 is 0 Å². The second kappa shape index (κ2) is 11.9. The summed E-state index contributed by atoms with van der Waals surface area (Å²) in [7, 11) is 8.32. The van der Waals surface area contributed by atoms with Crippen molar-refractivity contribution in [2.75, 3.05) is 41.3 Å². The molecule has 44 heavy (non-hydrogen) atoms. The molecule has 2 atom stereocenters. The first-order valence-electron chi connectivity index (χ1n) is 15.3. The lowest BCUT2D eigenvalue weighted by Crippen LogP contribution is -2.25. The molecule has 0 amide bonds. The van der Waals surface area contributed by atoms with Gasteiger partial charge in [0.25, 0.3) is 0 Å². The van der Waals surface area contributed by atoms with Crippen LogP contribution in [0.5, 0.6) is 23.0 Å². The van der Waals surface area contributed by atoms with Gasteiger partial charge in [-0.1, -0.05) is 60.7 Å². The molecule has 4 aromatic rings. The Labute approximate surface area is 259 Å². The largest absolute Gasteiger partial charge is 0.488 e. The fourth-order valence-electron chi connectivity index (χ4n) is 6.47. The molecule has 2 unspecified atom stereocenters. The zero-order valence-corrected chi connectivity index (χ0v) is 25.7. The number of fused-ring (bicyclic) bond motifs is 8. The molecule has 0 saturated heterocycles. The quantitative estimate of drug-likeness (QED) is 0.241. The fraction of sp³-hybridized carbons (Fsp3) is 0.263. The van der Waals surface area contributed by atoms with Crippen LogP contribution in [0, 0.1) is 0 Å². The minimum atomic E-state index is 0.194. The van der Waals surface area contributed by atoms with Crippen molar-refractivity contribution in [3.8, 4) is 23.0 Å². The number of benzene rings is 4. The van der Waals surface area contributed by atoms with Gasteiger partial charge in [0.15, 0.2) is 0 Å². The van der Waals surface area contributed by atoms with Crippen LogP contribution in [0.15, 0.2) is 97.1 Å². The number of ether oxygens (including phenoxy) is 4. The number of para-hydroxylation sites is 4. The molecule has 0 N–H and O–H groups in total. The molecule has 224 valence electrons. The zero-order chi connectivity index (χ0) is 30.2. The third-order valence-electron chi connectivity index (χ3n) is 8.25. The van der Waals surface area contributed by atoms with Crippen molar-refractivity contribution in [3.05, 3.63) is 119 Å². The van der Waals surface area contributed by atoms with E-state index in [9.17, 15) is 0 Å².